The highest BCUT2D eigenvalue weighted by Gasteiger charge is 2.23. The molecule has 1 saturated carbocycles. The number of hydrogen-bond acceptors (Lipinski definition) is 6. The molecular weight excluding hydrogens is 366 g/mol. The number of rotatable bonds is 6. The molecular formula is C18H23N5O3S. The van der Waals surface area contributed by atoms with E-state index in [-0.39, 0.29) is 22.4 Å². The van der Waals surface area contributed by atoms with Crippen molar-refractivity contribution < 1.29 is 13.2 Å². The number of nitrogens with one attached hydrogen (secondary N) is 3. The zero-order valence-corrected chi connectivity index (χ0v) is 16.1. The van der Waals surface area contributed by atoms with Crippen molar-refractivity contribution in [3.05, 3.63) is 47.3 Å². The molecule has 0 radical (unpaired) electrons. The van der Waals surface area contributed by atoms with E-state index in [2.05, 4.69) is 25.5 Å². The molecule has 0 aliphatic heterocycles. The van der Waals surface area contributed by atoms with Gasteiger partial charge < -0.3 is 0 Å². The van der Waals surface area contributed by atoms with Crippen molar-refractivity contribution in [2.45, 2.75) is 50.5 Å². The van der Waals surface area contributed by atoms with Gasteiger partial charge in [0.1, 0.15) is 0 Å². The van der Waals surface area contributed by atoms with Crippen LogP contribution < -0.4 is 15.6 Å². The van der Waals surface area contributed by atoms with E-state index >= 15 is 0 Å². The van der Waals surface area contributed by atoms with E-state index in [1.54, 1.807) is 12.1 Å². The molecule has 0 unspecified atom stereocenters. The van der Waals surface area contributed by atoms with Crippen LogP contribution in [-0.2, 0) is 10.0 Å². The zero-order valence-electron chi connectivity index (χ0n) is 15.3. The molecule has 1 aliphatic rings. The molecule has 1 aromatic heterocycles. The van der Waals surface area contributed by atoms with Gasteiger partial charge in [0.15, 0.2) is 0 Å². The van der Waals surface area contributed by atoms with Gasteiger partial charge >= 0.3 is 0 Å². The Morgan fingerprint density at radius 3 is 2.41 bits per heavy atom. The molecule has 144 valence electrons. The Bertz CT molecular complexity index is 920. The summed E-state index contributed by atoms with van der Waals surface area (Å²) in [6.07, 6.45) is 3.75. The number of hydrazine groups is 1. The molecule has 8 nitrogen and oxygen atoms in total. The molecule has 0 spiro atoms. The average Bonchev–Trinajstić information content (AvgIpc) is 3.11. The third kappa shape index (κ3) is 5.01. The number of aryl methyl sites for hydroxylation is 2. The monoisotopic (exact) mass is 389 g/mol. The van der Waals surface area contributed by atoms with Gasteiger partial charge in [-0.1, -0.05) is 18.9 Å². The highest BCUT2D eigenvalue weighted by Crippen LogP contribution is 2.20. The Morgan fingerprint density at radius 2 is 1.74 bits per heavy atom. The summed E-state index contributed by atoms with van der Waals surface area (Å²) in [5.41, 5.74) is 6.91. The Balaban J connectivity index is 1.69. The molecule has 3 N–H and O–H groups in total. The fourth-order valence-corrected chi connectivity index (χ4v) is 4.45. The number of aromatic nitrogens is 2. The SMILES string of the molecule is Cc1cc(C)nc(NNC(=O)c2cccc(S(=O)(=O)NC3CCCC3)c2)n1. The molecule has 0 saturated heterocycles. The Kier molecular flexibility index (Phi) is 5.71. The smallest absolute Gasteiger partial charge is 0.267 e. The van der Waals surface area contributed by atoms with Gasteiger partial charge in [-0.25, -0.2) is 23.1 Å². The summed E-state index contributed by atoms with van der Waals surface area (Å²) < 4.78 is 27.8. The van der Waals surface area contributed by atoms with E-state index in [1.165, 1.54) is 12.1 Å². The summed E-state index contributed by atoms with van der Waals surface area (Å²) in [6.45, 7) is 3.65. The Hall–Kier alpha value is -2.52. The Morgan fingerprint density at radius 1 is 1.07 bits per heavy atom. The number of nitrogens with zero attached hydrogens (tertiary/aromatic N) is 2. The third-order valence-corrected chi connectivity index (χ3v) is 5.87. The van der Waals surface area contributed by atoms with Gasteiger partial charge in [-0.15, -0.1) is 0 Å². The quantitative estimate of drug-likeness (QED) is 0.652. The summed E-state index contributed by atoms with van der Waals surface area (Å²) in [7, 11) is -3.65. The van der Waals surface area contributed by atoms with Crippen LogP contribution in [0, 0.1) is 13.8 Å². The molecule has 27 heavy (non-hydrogen) atoms. The molecule has 0 atom stereocenters. The van der Waals surface area contributed by atoms with Crippen LogP contribution in [0.3, 0.4) is 0 Å². The Labute approximate surface area is 158 Å². The van der Waals surface area contributed by atoms with Crippen molar-refractivity contribution in [1.29, 1.82) is 0 Å². The number of carbonyl (C=O) groups excluding carboxylic acids is 1. The lowest BCUT2D eigenvalue weighted by Crippen LogP contribution is -2.33. The van der Waals surface area contributed by atoms with E-state index in [1.807, 2.05) is 19.9 Å². The second-order valence-corrected chi connectivity index (χ2v) is 8.40. The van der Waals surface area contributed by atoms with Gasteiger partial charge in [-0.2, -0.15) is 0 Å². The highest BCUT2D eigenvalue weighted by molar-refractivity contribution is 7.89. The molecule has 0 bridgehead atoms. The van der Waals surface area contributed by atoms with Crippen LogP contribution in [0.25, 0.3) is 0 Å². The number of amides is 1. The first-order valence-electron chi connectivity index (χ1n) is 8.84. The molecule has 1 amide bonds. The summed E-state index contributed by atoms with van der Waals surface area (Å²) in [5, 5.41) is 0. The first-order chi connectivity index (χ1) is 12.8. The lowest BCUT2D eigenvalue weighted by Gasteiger charge is -2.13. The van der Waals surface area contributed by atoms with Gasteiger partial charge in [0.2, 0.25) is 16.0 Å². The minimum absolute atomic E-state index is 0.0316. The number of sulfonamides is 1. The normalized spacial score (nSPS) is 14.9. The van der Waals surface area contributed by atoms with Gasteiger partial charge in [0.25, 0.3) is 5.91 Å². The molecule has 9 heteroatoms. The van der Waals surface area contributed by atoms with Gasteiger partial charge in [0, 0.05) is 23.0 Å². The van der Waals surface area contributed by atoms with E-state index in [0.717, 1.165) is 37.1 Å². The molecule has 1 aromatic carbocycles. The molecule has 2 aromatic rings. The van der Waals surface area contributed by atoms with E-state index in [0.29, 0.717) is 0 Å². The van der Waals surface area contributed by atoms with Crippen molar-refractivity contribution in [2.75, 3.05) is 5.43 Å². The largest absolute Gasteiger partial charge is 0.269 e. The van der Waals surface area contributed by atoms with Gasteiger partial charge in [-0.3, -0.25) is 15.6 Å². The topological polar surface area (TPSA) is 113 Å². The van der Waals surface area contributed by atoms with E-state index < -0.39 is 15.9 Å². The molecule has 1 aliphatic carbocycles. The minimum Gasteiger partial charge on any atom is -0.267 e. The number of hydrogen-bond donors (Lipinski definition) is 3. The summed E-state index contributed by atoms with van der Waals surface area (Å²) in [5.74, 6) is -0.205. The lowest BCUT2D eigenvalue weighted by molar-refractivity contribution is 0.0962. The fourth-order valence-electron chi connectivity index (χ4n) is 3.10. The maximum atomic E-state index is 12.5. The van der Waals surface area contributed by atoms with E-state index in [9.17, 15) is 13.2 Å². The second kappa shape index (κ2) is 8.01. The van der Waals surface area contributed by atoms with Gasteiger partial charge in [-0.05, 0) is 51.0 Å². The zero-order chi connectivity index (χ0) is 19.4. The van der Waals surface area contributed by atoms with Crippen LogP contribution in [0.1, 0.15) is 47.4 Å². The number of carbonyl (C=O) groups is 1. The minimum atomic E-state index is -3.65. The van der Waals surface area contributed by atoms with Crippen LogP contribution in [0.5, 0.6) is 0 Å². The van der Waals surface area contributed by atoms with Crippen LogP contribution in [0.4, 0.5) is 5.95 Å². The predicted octanol–water partition coefficient (Wildman–Crippen LogP) is 2.07. The highest BCUT2D eigenvalue weighted by atomic mass is 32.2. The van der Waals surface area contributed by atoms with Crippen molar-refractivity contribution in [1.82, 2.24) is 20.1 Å². The second-order valence-electron chi connectivity index (χ2n) is 6.68. The van der Waals surface area contributed by atoms with Crippen LogP contribution in [0.15, 0.2) is 35.2 Å². The number of benzene rings is 1. The lowest BCUT2D eigenvalue weighted by atomic mass is 10.2. The maximum Gasteiger partial charge on any atom is 0.269 e. The van der Waals surface area contributed by atoms with Crippen LogP contribution in [-0.4, -0.2) is 30.3 Å². The van der Waals surface area contributed by atoms with Crippen molar-refractivity contribution >= 4 is 21.9 Å². The van der Waals surface area contributed by atoms with Gasteiger partial charge in [0.05, 0.1) is 4.90 Å². The third-order valence-electron chi connectivity index (χ3n) is 4.35. The van der Waals surface area contributed by atoms with E-state index in [4.69, 9.17) is 0 Å². The maximum absolute atomic E-state index is 12.5. The van der Waals surface area contributed by atoms with Crippen molar-refractivity contribution in [3.63, 3.8) is 0 Å². The van der Waals surface area contributed by atoms with Crippen LogP contribution in [0.2, 0.25) is 0 Å². The van der Waals surface area contributed by atoms with Crippen molar-refractivity contribution in [2.24, 2.45) is 0 Å². The first kappa shape index (κ1) is 19.2. The molecule has 1 heterocycles. The standard InChI is InChI=1S/C18H23N5O3S/c1-12-10-13(2)20-18(19-12)22-21-17(24)14-6-5-9-16(11-14)27(25,26)23-15-7-3-4-8-15/h5-6,9-11,15,23H,3-4,7-8H2,1-2H3,(H,21,24)(H,19,20,22). The number of anilines is 1. The van der Waals surface area contributed by atoms with Crippen molar-refractivity contribution in [3.8, 4) is 0 Å². The molecule has 1 fully saturated rings. The molecule has 3 rings (SSSR count). The predicted molar refractivity (Wildman–Crippen MR) is 102 cm³/mol. The fraction of sp³-hybridized carbons (Fsp3) is 0.389. The summed E-state index contributed by atoms with van der Waals surface area (Å²) >= 11 is 0. The average molecular weight is 389 g/mol. The summed E-state index contributed by atoms with van der Waals surface area (Å²) in [6, 6.07) is 7.72. The first-order valence-corrected chi connectivity index (χ1v) is 10.3. The van der Waals surface area contributed by atoms with Crippen LogP contribution >= 0.6 is 0 Å². The summed E-state index contributed by atoms with van der Waals surface area (Å²) in [4.78, 5) is 20.8.